The molecule has 64 valence electrons. The Bertz CT molecular complexity index is 206. The van der Waals surface area contributed by atoms with Crippen LogP contribution in [0.4, 0.5) is 0 Å². The summed E-state index contributed by atoms with van der Waals surface area (Å²) >= 11 is 8.92. The molecule has 0 heterocycles. The molecular weight excluding hydrogens is 227 g/mol. The maximum absolute atomic E-state index is 11.1. The largest absolute Gasteiger partial charge is 0.280 e. The molecule has 1 rings (SSSR count). The van der Waals surface area contributed by atoms with Crippen LogP contribution in [0, 0.1) is 10.8 Å². The van der Waals surface area contributed by atoms with E-state index in [0.717, 1.165) is 0 Å². The molecule has 0 unspecified atom stereocenters. The van der Waals surface area contributed by atoms with Crippen molar-refractivity contribution in [2.45, 2.75) is 32.0 Å². The molecule has 0 aromatic heterocycles. The third kappa shape index (κ3) is 0.752. The molecular formula is C8H12BrClO. The zero-order valence-electron chi connectivity index (χ0n) is 7.16. The lowest BCUT2D eigenvalue weighted by atomic mass is 10.0. The molecule has 0 spiro atoms. The van der Waals surface area contributed by atoms with E-state index in [-0.39, 0.29) is 16.1 Å². The summed E-state index contributed by atoms with van der Waals surface area (Å²) in [5, 5.41) is -0.285. The topological polar surface area (TPSA) is 17.1 Å². The Morgan fingerprint density at radius 2 is 1.45 bits per heavy atom. The second-order valence-corrected chi connectivity index (χ2v) is 5.71. The van der Waals surface area contributed by atoms with Crippen LogP contribution in [0.2, 0.25) is 0 Å². The Morgan fingerprint density at radius 3 is 1.45 bits per heavy atom. The van der Waals surface area contributed by atoms with Crippen molar-refractivity contribution in [3.63, 3.8) is 0 Å². The smallest absolute Gasteiger partial charge is 0.239 e. The van der Waals surface area contributed by atoms with E-state index in [1.54, 1.807) is 0 Å². The van der Waals surface area contributed by atoms with Gasteiger partial charge in [0.2, 0.25) is 5.24 Å². The number of rotatable bonds is 1. The van der Waals surface area contributed by atoms with Gasteiger partial charge in [-0.2, -0.15) is 0 Å². The summed E-state index contributed by atoms with van der Waals surface area (Å²) in [6.07, 6.45) is 0. The van der Waals surface area contributed by atoms with Gasteiger partial charge in [-0.05, 0) is 22.4 Å². The fourth-order valence-corrected chi connectivity index (χ4v) is 3.10. The van der Waals surface area contributed by atoms with E-state index in [2.05, 4.69) is 15.9 Å². The molecule has 1 aliphatic carbocycles. The van der Waals surface area contributed by atoms with Crippen molar-refractivity contribution in [1.82, 2.24) is 0 Å². The van der Waals surface area contributed by atoms with Gasteiger partial charge < -0.3 is 0 Å². The minimum Gasteiger partial charge on any atom is -0.280 e. The summed E-state index contributed by atoms with van der Waals surface area (Å²) in [6.45, 7) is 8.17. The molecule has 1 saturated carbocycles. The monoisotopic (exact) mass is 238 g/mol. The molecule has 0 aromatic rings. The summed E-state index contributed by atoms with van der Waals surface area (Å²) in [7, 11) is 0. The molecule has 0 bridgehead atoms. The molecule has 1 fully saturated rings. The van der Waals surface area contributed by atoms with Crippen molar-refractivity contribution in [3.8, 4) is 0 Å². The van der Waals surface area contributed by atoms with E-state index in [0.29, 0.717) is 0 Å². The number of hydrogen-bond donors (Lipinski definition) is 0. The molecule has 0 atom stereocenters. The molecule has 1 aliphatic rings. The summed E-state index contributed by atoms with van der Waals surface area (Å²) in [5.74, 6) is 0. The number of alkyl halides is 1. The van der Waals surface area contributed by atoms with Crippen LogP contribution in [0.5, 0.6) is 0 Å². The molecule has 11 heavy (non-hydrogen) atoms. The molecule has 0 saturated heterocycles. The van der Waals surface area contributed by atoms with E-state index in [9.17, 15) is 4.79 Å². The van der Waals surface area contributed by atoms with Crippen LogP contribution in [-0.4, -0.2) is 9.57 Å². The third-order valence-electron chi connectivity index (χ3n) is 3.49. The number of halogens is 2. The highest BCUT2D eigenvalue weighted by Crippen LogP contribution is 2.76. The normalized spacial score (nSPS) is 29.6. The van der Waals surface area contributed by atoms with E-state index in [1.165, 1.54) is 0 Å². The Morgan fingerprint density at radius 1 is 1.18 bits per heavy atom. The van der Waals surface area contributed by atoms with Gasteiger partial charge in [-0.25, -0.2) is 0 Å². The van der Waals surface area contributed by atoms with E-state index < -0.39 is 4.32 Å². The minimum atomic E-state index is -0.519. The first-order valence-electron chi connectivity index (χ1n) is 3.58. The Hall–Kier alpha value is 0.440. The van der Waals surface area contributed by atoms with Gasteiger partial charge in [-0.1, -0.05) is 43.6 Å². The molecule has 0 radical (unpaired) electrons. The summed E-state index contributed by atoms with van der Waals surface area (Å²) in [5.41, 5.74) is -0.0856. The predicted molar refractivity (Wildman–Crippen MR) is 50.1 cm³/mol. The van der Waals surface area contributed by atoms with Gasteiger partial charge in [0, 0.05) is 0 Å². The van der Waals surface area contributed by atoms with Crippen LogP contribution >= 0.6 is 27.5 Å². The Kier molecular flexibility index (Phi) is 1.75. The van der Waals surface area contributed by atoms with E-state index in [4.69, 9.17) is 11.6 Å². The lowest BCUT2D eigenvalue weighted by Gasteiger charge is -2.04. The van der Waals surface area contributed by atoms with Crippen LogP contribution in [0.3, 0.4) is 0 Å². The fraction of sp³-hybridized carbons (Fsp3) is 0.875. The molecule has 3 heteroatoms. The van der Waals surface area contributed by atoms with Crippen molar-refractivity contribution in [3.05, 3.63) is 0 Å². The first kappa shape index (κ1) is 9.53. The zero-order valence-corrected chi connectivity index (χ0v) is 9.51. The molecule has 0 N–H and O–H groups in total. The maximum Gasteiger partial charge on any atom is 0.239 e. The first-order chi connectivity index (χ1) is 4.69. The standard InChI is InChI=1S/C8H12BrClO/c1-6(2)7(3,4)8(6,9)5(10)11/h1-4H3. The molecule has 0 amide bonds. The Labute approximate surface area is 80.6 Å². The summed E-state index contributed by atoms with van der Waals surface area (Å²) < 4.78 is -0.519. The minimum absolute atomic E-state index is 0.0428. The second kappa shape index (κ2) is 2.02. The molecule has 0 aliphatic heterocycles. The number of hydrogen-bond acceptors (Lipinski definition) is 1. The number of carbonyl (C=O) groups excluding carboxylic acids is 1. The van der Waals surface area contributed by atoms with Gasteiger partial charge in [-0.3, -0.25) is 4.79 Å². The van der Waals surface area contributed by atoms with Crippen LogP contribution in [0.15, 0.2) is 0 Å². The lowest BCUT2D eigenvalue weighted by Crippen LogP contribution is -2.17. The van der Waals surface area contributed by atoms with Crippen LogP contribution in [-0.2, 0) is 4.79 Å². The highest BCUT2D eigenvalue weighted by atomic mass is 79.9. The van der Waals surface area contributed by atoms with Crippen LogP contribution < -0.4 is 0 Å². The molecule has 0 aromatic carbocycles. The van der Waals surface area contributed by atoms with Gasteiger partial charge in [0.05, 0.1) is 0 Å². The fourth-order valence-electron chi connectivity index (χ4n) is 1.74. The van der Waals surface area contributed by atoms with Gasteiger partial charge in [-0.15, -0.1) is 0 Å². The lowest BCUT2D eigenvalue weighted by molar-refractivity contribution is -0.112. The van der Waals surface area contributed by atoms with E-state index >= 15 is 0 Å². The highest BCUT2D eigenvalue weighted by Gasteiger charge is 2.79. The predicted octanol–water partition coefficient (Wildman–Crippen LogP) is 2.95. The summed E-state index contributed by atoms with van der Waals surface area (Å²) in [6, 6.07) is 0. The first-order valence-corrected chi connectivity index (χ1v) is 4.75. The van der Waals surface area contributed by atoms with Crippen molar-refractivity contribution in [1.29, 1.82) is 0 Å². The summed E-state index contributed by atoms with van der Waals surface area (Å²) in [4.78, 5) is 11.1. The zero-order chi connectivity index (χ0) is 9.08. The van der Waals surface area contributed by atoms with Gasteiger partial charge in [0.25, 0.3) is 0 Å². The SMILES string of the molecule is CC1(C)C(C)(C)C1(Br)C(=O)Cl. The maximum atomic E-state index is 11.1. The van der Waals surface area contributed by atoms with Gasteiger partial charge in [0.1, 0.15) is 4.32 Å². The quantitative estimate of drug-likeness (QED) is 0.508. The van der Waals surface area contributed by atoms with E-state index in [1.807, 2.05) is 27.7 Å². The highest BCUT2D eigenvalue weighted by molar-refractivity contribution is 9.10. The van der Waals surface area contributed by atoms with Gasteiger partial charge >= 0.3 is 0 Å². The number of carbonyl (C=O) groups is 1. The van der Waals surface area contributed by atoms with Crippen molar-refractivity contribution >= 4 is 32.8 Å². The van der Waals surface area contributed by atoms with Crippen LogP contribution in [0.25, 0.3) is 0 Å². The van der Waals surface area contributed by atoms with Crippen molar-refractivity contribution < 1.29 is 4.79 Å². The average Bonchev–Trinajstić information content (AvgIpc) is 2.11. The van der Waals surface area contributed by atoms with Crippen molar-refractivity contribution in [2.75, 3.05) is 0 Å². The van der Waals surface area contributed by atoms with Crippen molar-refractivity contribution in [2.24, 2.45) is 10.8 Å². The van der Waals surface area contributed by atoms with Gasteiger partial charge in [0.15, 0.2) is 0 Å². The second-order valence-electron chi connectivity index (χ2n) is 4.18. The third-order valence-corrected chi connectivity index (χ3v) is 6.35. The Balaban J connectivity index is 3.06. The van der Waals surface area contributed by atoms with Crippen LogP contribution in [0.1, 0.15) is 27.7 Å². The molecule has 1 nitrogen and oxygen atoms in total. The average molecular weight is 240 g/mol.